The Hall–Kier alpha value is -1.18. The quantitative estimate of drug-likeness (QED) is 0.770. The molecule has 2 heteroatoms. The maximum atomic E-state index is 5.58. The first-order chi connectivity index (χ1) is 6.20. The number of benzene rings is 1. The number of anilines is 1. The molecule has 2 nitrogen and oxygen atoms in total. The predicted molar refractivity (Wildman–Crippen MR) is 56.6 cm³/mol. The van der Waals surface area contributed by atoms with Crippen LogP contribution < -0.4 is 10.1 Å². The maximum absolute atomic E-state index is 5.58. The van der Waals surface area contributed by atoms with Gasteiger partial charge in [-0.3, -0.25) is 0 Å². The minimum absolute atomic E-state index is 0.707. The number of nitrogens with one attached hydrogen (secondary N) is 1. The molecule has 0 unspecified atom stereocenters. The van der Waals surface area contributed by atoms with Gasteiger partial charge in [0, 0.05) is 7.05 Å². The highest BCUT2D eigenvalue weighted by atomic mass is 16.5. The molecule has 0 radical (unpaired) electrons. The molecule has 0 fully saturated rings. The van der Waals surface area contributed by atoms with Gasteiger partial charge in [-0.05, 0) is 31.9 Å². The second kappa shape index (κ2) is 4.17. The van der Waals surface area contributed by atoms with E-state index in [1.165, 1.54) is 11.1 Å². The van der Waals surface area contributed by atoms with E-state index in [1.54, 1.807) is 0 Å². The van der Waals surface area contributed by atoms with Gasteiger partial charge in [0.15, 0.2) is 0 Å². The van der Waals surface area contributed by atoms with E-state index >= 15 is 0 Å². The number of hydrogen-bond acceptors (Lipinski definition) is 2. The average molecular weight is 179 g/mol. The van der Waals surface area contributed by atoms with Crippen LogP contribution in [0.25, 0.3) is 0 Å². The molecule has 1 aromatic carbocycles. The van der Waals surface area contributed by atoms with Crippen LogP contribution in [0.5, 0.6) is 5.75 Å². The zero-order valence-electron chi connectivity index (χ0n) is 8.77. The monoisotopic (exact) mass is 179 g/mol. The fraction of sp³-hybridized carbons (Fsp3) is 0.455. The number of ether oxygens (including phenoxy) is 1. The van der Waals surface area contributed by atoms with E-state index < -0.39 is 0 Å². The lowest BCUT2D eigenvalue weighted by molar-refractivity contribution is 0.339. The molecule has 0 amide bonds. The van der Waals surface area contributed by atoms with E-state index in [0.717, 1.165) is 11.4 Å². The van der Waals surface area contributed by atoms with Crippen LogP contribution >= 0.6 is 0 Å². The zero-order valence-corrected chi connectivity index (χ0v) is 8.77. The fourth-order valence-corrected chi connectivity index (χ4v) is 1.43. The first kappa shape index (κ1) is 9.90. The second-order valence-electron chi connectivity index (χ2n) is 3.09. The Balaban J connectivity index is 3.18. The van der Waals surface area contributed by atoms with Gasteiger partial charge in [-0.2, -0.15) is 0 Å². The van der Waals surface area contributed by atoms with Crippen molar-refractivity contribution < 1.29 is 4.74 Å². The summed E-state index contributed by atoms with van der Waals surface area (Å²) in [5.41, 5.74) is 3.50. The Kier molecular flexibility index (Phi) is 3.18. The SMILES string of the molecule is CCOc1c(C)ccc(C)c1NC. The summed E-state index contributed by atoms with van der Waals surface area (Å²) in [6.07, 6.45) is 0. The van der Waals surface area contributed by atoms with Crippen LogP contribution in [0, 0.1) is 13.8 Å². The fourth-order valence-electron chi connectivity index (χ4n) is 1.43. The lowest BCUT2D eigenvalue weighted by atomic mass is 10.1. The molecule has 0 aliphatic heterocycles. The van der Waals surface area contributed by atoms with Gasteiger partial charge in [0.25, 0.3) is 0 Å². The summed E-state index contributed by atoms with van der Waals surface area (Å²) in [6, 6.07) is 4.19. The van der Waals surface area contributed by atoms with Crippen LogP contribution in [0.3, 0.4) is 0 Å². The third kappa shape index (κ3) is 1.94. The minimum Gasteiger partial charge on any atom is -0.491 e. The number of rotatable bonds is 3. The van der Waals surface area contributed by atoms with Gasteiger partial charge in [-0.25, -0.2) is 0 Å². The summed E-state index contributed by atoms with van der Waals surface area (Å²) in [5, 5.41) is 3.16. The normalized spacial score (nSPS) is 9.85. The predicted octanol–water partition coefficient (Wildman–Crippen LogP) is 2.74. The molecule has 13 heavy (non-hydrogen) atoms. The molecule has 1 rings (SSSR count). The summed E-state index contributed by atoms with van der Waals surface area (Å²) in [5.74, 6) is 0.977. The minimum atomic E-state index is 0.707. The number of hydrogen-bond donors (Lipinski definition) is 1. The van der Waals surface area contributed by atoms with Crippen molar-refractivity contribution in [3.8, 4) is 5.75 Å². The Morgan fingerprint density at radius 2 is 1.85 bits per heavy atom. The summed E-state index contributed by atoms with van der Waals surface area (Å²) in [6.45, 7) is 6.85. The molecule has 0 aliphatic rings. The molecule has 0 spiro atoms. The Labute approximate surface area is 79.9 Å². The highest BCUT2D eigenvalue weighted by Crippen LogP contribution is 2.31. The van der Waals surface area contributed by atoms with E-state index in [-0.39, 0.29) is 0 Å². The highest BCUT2D eigenvalue weighted by Gasteiger charge is 2.07. The van der Waals surface area contributed by atoms with Gasteiger partial charge in [-0.1, -0.05) is 12.1 Å². The lowest BCUT2D eigenvalue weighted by Gasteiger charge is -2.14. The van der Waals surface area contributed by atoms with Gasteiger partial charge >= 0.3 is 0 Å². The van der Waals surface area contributed by atoms with Crippen molar-refractivity contribution in [2.75, 3.05) is 19.0 Å². The van der Waals surface area contributed by atoms with E-state index in [1.807, 2.05) is 14.0 Å². The van der Waals surface area contributed by atoms with Crippen LogP contribution in [0.4, 0.5) is 5.69 Å². The van der Waals surface area contributed by atoms with Crippen LogP contribution in [-0.4, -0.2) is 13.7 Å². The number of aryl methyl sites for hydroxylation is 2. The summed E-state index contributed by atoms with van der Waals surface area (Å²) < 4.78 is 5.58. The molecule has 0 bridgehead atoms. The molecule has 0 saturated heterocycles. The van der Waals surface area contributed by atoms with E-state index in [4.69, 9.17) is 4.74 Å². The Morgan fingerprint density at radius 3 is 2.38 bits per heavy atom. The van der Waals surface area contributed by atoms with Crippen molar-refractivity contribution in [2.24, 2.45) is 0 Å². The van der Waals surface area contributed by atoms with Gasteiger partial charge in [0.05, 0.1) is 12.3 Å². The first-order valence-electron chi connectivity index (χ1n) is 4.61. The molecule has 0 saturated carbocycles. The van der Waals surface area contributed by atoms with E-state index in [2.05, 4.69) is 31.3 Å². The van der Waals surface area contributed by atoms with Crippen LogP contribution in [0.2, 0.25) is 0 Å². The molecule has 1 aromatic rings. The van der Waals surface area contributed by atoms with Gasteiger partial charge in [0.2, 0.25) is 0 Å². The maximum Gasteiger partial charge on any atom is 0.145 e. The molecule has 72 valence electrons. The first-order valence-corrected chi connectivity index (χ1v) is 4.61. The van der Waals surface area contributed by atoms with Crippen LogP contribution in [-0.2, 0) is 0 Å². The smallest absolute Gasteiger partial charge is 0.145 e. The third-order valence-electron chi connectivity index (χ3n) is 2.10. The van der Waals surface area contributed by atoms with Crippen molar-refractivity contribution in [3.63, 3.8) is 0 Å². The van der Waals surface area contributed by atoms with E-state index in [0.29, 0.717) is 6.61 Å². The summed E-state index contributed by atoms with van der Waals surface area (Å²) in [4.78, 5) is 0. The second-order valence-corrected chi connectivity index (χ2v) is 3.09. The third-order valence-corrected chi connectivity index (χ3v) is 2.10. The molecule has 0 heterocycles. The van der Waals surface area contributed by atoms with Crippen molar-refractivity contribution in [2.45, 2.75) is 20.8 Å². The van der Waals surface area contributed by atoms with Gasteiger partial charge < -0.3 is 10.1 Å². The summed E-state index contributed by atoms with van der Waals surface area (Å²) in [7, 11) is 1.92. The van der Waals surface area contributed by atoms with Crippen molar-refractivity contribution >= 4 is 5.69 Å². The Morgan fingerprint density at radius 1 is 1.23 bits per heavy atom. The molecule has 0 atom stereocenters. The topological polar surface area (TPSA) is 21.3 Å². The zero-order chi connectivity index (χ0) is 9.84. The molecular weight excluding hydrogens is 162 g/mol. The van der Waals surface area contributed by atoms with Crippen molar-refractivity contribution in [3.05, 3.63) is 23.3 Å². The molecule has 0 aliphatic carbocycles. The van der Waals surface area contributed by atoms with E-state index in [9.17, 15) is 0 Å². The standard InChI is InChI=1S/C11H17NO/c1-5-13-11-9(3)7-6-8(2)10(11)12-4/h6-7,12H,5H2,1-4H3. The average Bonchev–Trinajstić information content (AvgIpc) is 2.12. The largest absolute Gasteiger partial charge is 0.491 e. The molecule has 0 aromatic heterocycles. The Bertz CT molecular complexity index is 294. The molecule has 1 N–H and O–H groups in total. The highest BCUT2D eigenvalue weighted by molar-refractivity contribution is 5.64. The van der Waals surface area contributed by atoms with Gasteiger partial charge in [0.1, 0.15) is 5.75 Å². The van der Waals surface area contributed by atoms with Crippen LogP contribution in [0.1, 0.15) is 18.1 Å². The van der Waals surface area contributed by atoms with Crippen molar-refractivity contribution in [1.82, 2.24) is 0 Å². The molecular formula is C11H17NO. The van der Waals surface area contributed by atoms with Crippen molar-refractivity contribution in [1.29, 1.82) is 0 Å². The van der Waals surface area contributed by atoms with Gasteiger partial charge in [-0.15, -0.1) is 0 Å². The summed E-state index contributed by atoms with van der Waals surface area (Å²) >= 11 is 0. The van der Waals surface area contributed by atoms with Crippen LogP contribution in [0.15, 0.2) is 12.1 Å². The lowest BCUT2D eigenvalue weighted by Crippen LogP contribution is -2.01.